The van der Waals surface area contributed by atoms with Crippen molar-refractivity contribution < 1.29 is 0 Å². The van der Waals surface area contributed by atoms with Crippen molar-refractivity contribution in [2.45, 2.75) is 33.2 Å². The zero-order valence-corrected chi connectivity index (χ0v) is 11.8. The molecule has 1 aromatic carbocycles. The van der Waals surface area contributed by atoms with Crippen LogP contribution in [0.15, 0.2) is 36.5 Å². The van der Waals surface area contributed by atoms with Gasteiger partial charge in [-0.1, -0.05) is 38.1 Å². The van der Waals surface area contributed by atoms with Crippen LogP contribution < -0.4 is 5.73 Å². The van der Waals surface area contributed by atoms with Gasteiger partial charge < -0.3 is 5.73 Å². The Morgan fingerprint density at radius 3 is 2.32 bits per heavy atom. The number of nitrogens with zero attached hydrogens (tertiary/aromatic N) is 2. The second-order valence-corrected chi connectivity index (χ2v) is 5.38. The van der Waals surface area contributed by atoms with Gasteiger partial charge in [0, 0.05) is 11.8 Å². The summed E-state index contributed by atoms with van der Waals surface area (Å²) < 4.78 is 0. The van der Waals surface area contributed by atoms with E-state index < -0.39 is 0 Å². The molecule has 3 heteroatoms. The minimum Gasteiger partial charge on any atom is -0.322 e. The molecule has 0 amide bonds. The lowest BCUT2D eigenvalue weighted by Crippen LogP contribution is -2.09. The van der Waals surface area contributed by atoms with E-state index >= 15 is 0 Å². The quantitative estimate of drug-likeness (QED) is 0.911. The SMILES string of the molecule is CC(C)Cc1ccc(-c2ccnc(C(C)N)n2)cc1. The lowest BCUT2D eigenvalue weighted by atomic mass is 10.0. The molecule has 0 saturated carbocycles. The van der Waals surface area contributed by atoms with Crippen molar-refractivity contribution in [2.24, 2.45) is 11.7 Å². The highest BCUT2D eigenvalue weighted by Gasteiger charge is 2.06. The van der Waals surface area contributed by atoms with Crippen LogP contribution in [-0.2, 0) is 6.42 Å². The van der Waals surface area contributed by atoms with E-state index in [-0.39, 0.29) is 6.04 Å². The van der Waals surface area contributed by atoms with E-state index in [2.05, 4.69) is 48.1 Å². The highest BCUT2D eigenvalue weighted by Crippen LogP contribution is 2.19. The van der Waals surface area contributed by atoms with Crippen LogP contribution in [0.2, 0.25) is 0 Å². The second kappa shape index (κ2) is 5.93. The molecule has 100 valence electrons. The molecule has 0 aliphatic carbocycles. The summed E-state index contributed by atoms with van der Waals surface area (Å²) >= 11 is 0. The maximum atomic E-state index is 5.81. The zero-order chi connectivity index (χ0) is 13.8. The van der Waals surface area contributed by atoms with E-state index in [4.69, 9.17) is 5.73 Å². The molecule has 0 radical (unpaired) electrons. The third-order valence-electron chi connectivity index (χ3n) is 2.98. The fraction of sp³-hybridized carbons (Fsp3) is 0.375. The van der Waals surface area contributed by atoms with Gasteiger partial charge in [-0.05, 0) is 30.9 Å². The fourth-order valence-electron chi connectivity index (χ4n) is 2.04. The minimum atomic E-state index is -0.139. The topological polar surface area (TPSA) is 51.8 Å². The van der Waals surface area contributed by atoms with E-state index in [1.165, 1.54) is 5.56 Å². The molecular formula is C16H21N3. The minimum absolute atomic E-state index is 0.139. The summed E-state index contributed by atoms with van der Waals surface area (Å²) in [5.74, 6) is 1.36. The van der Waals surface area contributed by atoms with Gasteiger partial charge in [-0.2, -0.15) is 0 Å². The summed E-state index contributed by atoms with van der Waals surface area (Å²) in [6.07, 6.45) is 2.87. The first-order valence-electron chi connectivity index (χ1n) is 6.74. The van der Waals surface area contributed by atoms with Crippen LogP contribution in [-0.4, -0.2) is 9.97 Å². The average Bonchev–Trinajstić information content (AvgIpc) is 2.39. The Morgan fingerprint density at radius 2 is 1.74 bits per heavy atom. The largest absolute Gasteiger partial charge is 0.322 e. The van der Waals surface area contributed by atoms with Crippen molar-refractivity contribution >= 4 is 0 Å². The van der Waals surface area contributed by atoms with Crippen LogP contribution in [0.25, 0.3) is 11.3 Å². The molecule has 0 fully saturated rings. The van der Waals surface area contributed by atoms with Crippen molar-refractivity contribution in [3.05, 3.63) is 47.9 Å². The molecule has 1 heterocycles. The molecule has 0 spiro atoms. The molecule has 1 aromatic heterocycles. The Morgan fingerprint density at radius 1 is 1.05 bits per heavy atom. The van der Waals surface area contributed by atoms with Crippen LogP contribution >= 0.6 is 0 Å². The molecule has 2 rings (SSSR count). The summed E-state index contributed by atoms with van der Waals surface area (Å²) in [5, 5.41) is 0. The molecule has 2 N–H and O–H groups in total. The predicted octanol–water partition coefficient (Wildman–Crippen LogP) is 3.36. The molecule has 0 aliphatic rings. The lowest BCUT2D eigenvalue weighted by Gasteiger charge is -2.08. The second-order valence-electron chi connectivity index (χ2n) is 5.38. The van der Waals surface area contributed by atoms with E-state index in [0.29, 0.717) is 11.7 Å². The van der Waals surface area contributed by atoms with Gasteiger partial charge in [0.1, 0.15) is 5.82 Å². The molecule has 1 unspecified atom stereocenters. The predicted molar refractivity (Wildman–Crippen MR) is 78.6 cm³/mol. The van der Waals surface area contributed by atoms with Gasteiger partial charge in [0.2, 0.25) is 0 Å². The molecule has 0 saturated heterocycles. The highest BCUT2D eigenvalue weighted by atomic mass is 14.9. The standard InChI is InChI=1S/C16H21N3/c1-11(2)10-13-4-6-14(7-5-13)15-8-9-18-16(19-15)12(3)17/h4-9,11-12H,10,17H2,1-3H3. The maximum Gasteiger partial charge on any atom is 0.145 e. The van der Waals surface area contributed by atoms with Gasteiger partial charge in [0.05, 0.1) is 11.7 Å². The number of aromatic nitrogens is 2. The van der Waals surface area contributed by atoms with Gasteiger partial charge in [-0.3, -0.25) is 0 Å². The third-order valence-corrected chi connectivity index (χ3v) is 2.98. The third kappa shape index (κ3) is 3.61. The Hall–Kier alpha value is -1.74. The first-order valence-corrected chi connectivity index (χ1v) is 6.74. The molecule has 19 heavy (non-hydrogen) atoms. The van der Waals surface area contributed by atoms with E-state index in [9.17, 15) is 0 Å². The van der Waals surface area contributed by atoms with Gasteiger partial charge in [0.25, 0.3) is 0 Å². The summed E-state index contributed by atoms with van der Waals surface area (Å²) in [6.45, 7) is 6.35. The summed E-state index contributed by atoms with van der Waals surface area (Å²) in [4.78, 5) is 8.68. The van der Waals surface area contributed by atoms with Gasteiger partial charge in [-0.25, -0.2) is 9.97 Å². The summed E-state index contributed by atoms with van der Waals surface area (Å²) in [6, 6.07) is 10.4. The lowest BCUT2D eigenvalue weighted by molar-refractivity contribution is 0.647. The molecule has 0 bridgehead atoms. The number of nitrogens with two attached hydrogens (primary N) is 1. The van der Waals surface area contributed by atoms with Crippen LogP contribution in [0.3, 0.4) is 0 Å². The zero-order valence-electron chi connectivity index (χ0n) is 11.8. The van der Waals surface area contributed by atoms with E-state index in [0.717, 1.165) is 17.7 Å². The monoisotopic (exact) mass is 255 g/mol. The van der Waals surface area contributed by atoms with E-state index in [1.54, 1.807) is 6.20 Å². The van der Waals surface area contributed by atoms with Crippen LogP contribution in [0.1, 0.15) is 38.2 Å². The first kappa shape index (κ1) is 13.7. The first-order chi connectivity index (χ1) is 9.06. The number of rotatable bonds is 4. The van der Waals surface area contributed by atoms with Crippen molar-refractivity contribution in [1.29, 1.82) is 0 Å². The summed E-state index contributed by atoms with van der Waals surface area (Å²) in [5.41, 5.74) is 9.21. The van der Waals surface area contributed by atoms with Crippen LogP contribution in [0, 0.1) is 5.92 Å². The van der Waals surface area contributed by atoms with Crippen molar-refractivity contribution in [1.82, 2.24) is 9.97 Å². The van der Waals surface area contributed by atoms with Gasteiger partial charge in [0.15, 0.2) is 0 Å². The Balaban J connectivity index is 2.24. The van der Waals surface area contributed by atoms with Gasteiger partial charge in [-0.15, -0.1) is 0 Å². The number of hydrogen-bond acceptors (Lipinski definition) is 3. The molecule has 3 nitrogen and oxygen atoms in total. The van der Waals surface area contributed by atoms with Gasteiger partial charge >= 0.3 is 0 Å². The smallest absolute Gasteiger partial charge is 0.145 e. The van der Waals surface area contributed by atoms with Crippen molar-refractivity contribution in [3.8, 4) is 11.3 Å². The molecule has 0 aliphatic heterocycles. The van der Waals surface area contributed by atoms with E-state index in [1.807, 2.05) is 13.0 Å². The average molecular weight is 255 g/mol. The van der Waals surface area contributed by atoms with Crippen LogP contribution in [0.4, 0.5) is 0 Å². The van der Waals surface area contributed by atoms with Crippen molar-refractivity contribution in [2.75, 3.05) is 0 Å². The molecule has 2 aromatic rings. The Bertz CT molecular complexity index is 530. The number of benzene rings is 1. The Kier molecular flexibility index (Phi) is 4.27. The fourth-order valence-corrected chi connectivity index (χ4v) is 2.04. The van der Waals surface area contributed by atoms with Crippen LogP contribution in [0.5, 0.6) is 0 Å². The maximum absolute atomic E-state index is 5.81. The number of hydrogen-bond donors (Lipinski definition) is 1. The molecule has 1 atom stereocenters. The highest BCUT2D eigenvalue weighted by molar-refractivity contribution is 5.59. The summed E-state index contributed by atoms with van der Waals surface area (Å²) in [7, 11) is 0. The van der Waals surface area contributed by atoms with Crippen molar-refractivity contribution in [3.63, 3.8) is 0 Å². The normalized spacial score (nSPS) is 12.7. The Labute approximate surface area is 114 Å². The molecular weight excluding hydrogens is 234 g/mol.